The van der Waals surface area contributed by atoms with Gasteiger partial charge >= 0.3 is 0 Å². The first kappa shape index (κ1) is 19.8. The molecule has 1 N–H and O–H groups in total. The highest BCUT2D eigenvalue weighted by Crippen LogP contribution is 2.29. The van der Waals surface area contributed by atoms with Gasteiger partial charge in [-0.05, 0) is 54.6 Å². The fraction of sp³-hybridized carbons (Fsp3) is 0.300. The van der Waals surface area contributed by atoms with Crippen molar-refractivity contribution >= 4 is 28.6 Å². The maximum atomic E-state index is 12.5. The SMILES string of the molecule is CCCCOc1ccc(C(=O)Nc2ccccc2SC(=O)N(C)C)cc1. The van der Waals surface area contributed by atoms with E-state index in [9.17, 15) is 9.59 Å². The summed E-state index contributed by atoms with van der Waals surface area (Å²) in [4.78, 5) is 26.6. The molecule has 0 heterocycles. The van der Waals surface area contributed by atoms with Crippen LogP contribution in [0.5, 0.6) is 5.75 Å². The zero-order valence-corrected chi connectivity index (χ0v) is 16.1. The summed E-state index contributed by atoms with van der Waals surface area (Å²) in [6.45, 7) is 2.78. The number of anilines is 1. The molecule has 2 aromatic carbocycles. The van der Waals surface area contributed by atoms with E-state index in [0.29, 0.717) is 22.8 Å². The summed E-state index contributed by atoms with van der Waals surface area (Å²) in [6.07, 6.45) is 2.08. The van der Waals surface area contributed by atoms with Gasteiger partial charge in [0.15, 0.2) is 0 Å². The number of hydrogen-bond acceptors (Lipinski definition) is 4. The lowest BCUT2D eigenvalue weighted by atomic mass is 10.2. The molecule has 0 atom stereocenters. The molecule has 5 nitrogen and oxygen atoms in total. The first-order valence-electron chi connectivity index (χ1n) is 8.53. The van der Waals surface area contributed by atoms with Gasteiger partial charge in [0.1, 0.15) is 5.75 Å². The molecule has 0 saturated carbocycles. The average molecular weight is 372 g/mol. The monoisotopic (exact) mass is 372 g/mol. The number of nitrogens with zero attached hydrogens (tertiary/aromatic N) is 1. The molecule has 0 aliphatic heterocycles. The molecule has 138 valence electrons. The Morgan fingerprint density at radius 1 is 1.08 bits per heavy atom. The van der Waals surface area contributed by atoms with Gasteiger partial charge in [0, 0.05) is 24.6 Å². The normalized spacial score (nSPS) is 10.3. The van der Waals surface area contributed by atoms with Gasteiger partial charge in [0.25, 0.3) is 11.1 Å². The van der Waals surface area contributed by atoms with Crippen LogP contribution in [0.2, 0.25) is 0 Å². The van der Waals surface area contributed by atoms with E-state index < -0.39 is 0 Å². The summed E-state index contributed by atoms with van der Waals surface area (Å²) in [5.74, 6) is 0.526. The Kier molecular flexibility index (Phi) is 7.53. The van der Waals surface area contributed by atoms with E-state index in [1.807, 2.05) is 18.2 Å². The number of amides is 2. The van der Waals surface area contributed by atoms with Crippen LogP contribution in [0.4, 0.5) is 10.5 Å². The van der Waals surface area contributed by atoms with Gasteiger partial charge in [-0.15, -0.1) is 0 Å². The van der Waals surface area contributed by atoms with E-state index >= 15 is 0 Å². The Morgan fingerprint density at radius 2 is 1.77 bits per heavy atom. The lowest BCUT2D eigenvalue weighted by molar-refractivity contribution is 0.102. The van der Waals surface area contributed by atoms with Crippen LogP contribution in [0, 0.1) is 0 Å². The van der Waals surface area contributed by atoms with Crippen molar-refractivity contribution in [2.75, 3.05) is 26.0 Å². The molecule has 0 fully saturated rings. The van der Waals surface area contributed by atoms with Gasteiger partial charge in [-0.1, -0.05) is 25.5 Å². The Labute approximate surface area is 158 Å². The van der Waals surface area contributed by atoms with Crippen molar-refractivity contribution < 1.29 is 14.3 Å². The number of ether oxygens (including phenoxy) is 1. The lowest BCUT2D eigenvalue weighted by Crippen LogP contribution is -2.17. The molecule has 0 unspecified atom stereocenters. The summed E-state index contributed by atoms with van der Waals surface area (Å²) in [7, 11) is 3.39. The van der Waals surface area contributed by atoms with Crippen LogP contribution in [-0.2, 0) is 0 Å². The lowest BCUT2D eigenvalue weighted by Gasteiger charge is -2.13. The van der Waals surface area contributed by atoms with E-state index in [2.05, 4.69) is 12.2 Å². The minimum atomic E-state index is -0.226. The number of nitrogens with one attached hydrogen (secondary N) is 1. The topological polar surface area (TPSA) is 58.6 Å². The molecular weight excluding hydrogens is 348 g/mol. The van der Waals surface area contributed by atoms with E-state index in [-0.39, 0.29) is 11.1 Å². The number of rotatable bonds is 7. The minimum absolute atomic E-state index is 0.0970. The molecule has 26 heavy (non-hydrogen) atoms. The van der Waals surface area contributed by atoms with Crippen molar-refractivity contribution in [1.82, 2.24) is 4.90 Å². The second-order valence-electron chi connectivity index (χ2n) is 5.94. The molecule has 0 aliphatic carbocycles. The maximum absolute atomic E-state index is 12.5. The predicted molar refractivity (Wildman–Crippen MR) is 106 cm³/mol. The quantitative estimate of drug-likeness (QED) is 0.555. The third-order valence-electron chi connectivity index (χ3n) is 3.58. The predicted octanol–water partition coefficient (Wildman–Crippen LogP) is 4.89. The third-order valence-corrected chi connectivity index (χ3v) is 4.70. The van der Waals surface area contributed by atoms with Crippen LogP contribution < -0.4 is 10.1 Å². The van der Waals surface area contributed by atoms with E-state index in [4.69, 9.17) is 4.74 Å². The standard InChI is InChI=1S/C20H24N2O3S/c1-4-5-14-25-16-12-10-15(11-13-16)19(23)21-17-8-6-7-9-18(17)26-20(24)22(2)3/h6-13H,4-5,14H2,1-3H3,(H,21,23). The van der Waals surface area contributed by atoms with E-state index in [0.717, 1.165) is 30.4 Å². The second-order valence-corrected chi connectivity index (χ2v) is 6.93. The number of thioether (sulfide) groups is 1. The summed E-state index contributed by atoms with van der Waals surface area (Å²) < 4.78 is 5.61. The fourth-order valence-corrected chi connectivity index (χ4v) is 2.82. The van der Waals surface area contributed by atoms with Crippen molar-refractivity contribution in [2.45, 2.75) is 24.7 Å². The summed E-state index contributed by atoms with van der Waals surface area (Å²) >= 11 is 1.08. The third kappa shape index (κ3) is 5.81. The van der Waals surface area contributed by atoms with Crippen molar-refractivity contribution in [2.24, 2.45) is 0 Å². The minimum Gasteiger partial charge on any atom is -0.494 e. The number of para-hydroxylation sites is 1. The van der Waals surface area contributed by atoms with Crippen molar-refractivity contribution in [1.29, 1.82) is 0 Å². The molecule has 0 saturated heterocycles. The molecule has 2 amide bonds. The Bertz CT molecular complexity index is 745. The molecule has 2 rings (SSSR count). The zero-order chi connectivity index (χ0) is 18.9. The summed E-state index contributed by atoms with van der Waals surface area (Å²) in [6, 6.07) is 14.3. The van der Waals surface area contributed by atoms with Crippen molar-refractivity contribution in [3.05, 3.63) is 54.1 Å². The van der Waals surface area contributed by atoms with E-state index in [1.54, 1.807) is 44.4 Å². The molecule has 0 aromatic heterocycles. The van der Waals surface area contributed by atoms with Gasteiger partial charge in [-0.3, -0.25) is 9.59 Å². The highest BCUT2D eigenvalue weighted by Gasteiger charge is 2.13. The van der Waals surface area contributed by atoms with Crippen LogP contribution in [-0.4, -0.2) is 36.7 Å². The summed E-state index contributed by atoms with van der Waals surface area (Å²) in [5.41, 5.74) is 1.15. The van der Waals surface area contributed by atoms with Gasteiger partial charge in [-0.2, -0.15) is 0 Å². The number of benzene rings is 2. The Hall–Kier alpha value is -2.47. The van der Waals surface area contributed by atoms with Gasteiger partial charge in [0.2, 0.25) is 0 Å². The van der Waals surface area contributed by atoms with Gasteiger partial charge < -0.3 is 15.0 Å². The highest BCUT2D eigenvalue weighted by atomic mass is 32.2. The number of carbonyl (C=O) groups excluding carboxylic acids is 2. The molecular formula is C20H24N2O3S. The van der Waals surface area contributed by atoms with Gasteiger partial charge in [0.05, 0.1) is 12.3 Å². The van der Waals surface area contributed by atoms with Crippen LogP contribution in [0.15, 0.2) is 53.4 Å². The van der Waals surface area contributed by atoms with E-state index in [1.165, 1.54) is 4.90 Å². The van der Waals surface area contributed by atoms with Crippen molar-refractivity contribution in [3.8, 4) is 5.75 Å². The number of carbonyl (C=O) groups is 2. The smallest absolute Gasteiger partial charge is 0.286 e. The molecule has 0 bridgehead atoms. The van der Waals surface area contributed by atoms with Crippen LogP contribution in [0.25, 0.3) is 0 Å². The molecule has 2 aromatic rings. The zero-order valence-electron chi connectivity index (χ0n) is 15.3. The number of hydrogen-bond donors (Lipinski definition) is 1. The van der Waals surface area contributed by atoms with Crippen LogP contribution >= 0.6 is 11.8 Å². The molecule has 0 radical (unpaired) electrons. The highest BCUT2D eigenvalue weighted by molar-refractivity contribution is 8.13. The first-order chi connectivity index (χ1) is 12.5. The van der Waals surface area contributed by atoms with Crippen LogP contribution in [0.1, 0.15) is 30.1 Å². The van der Waals surface area contributed by atoms with Gasteiger partial charge in [-0.25, -0.2) is 0 Å². The Balaban J connectivity index is 2.04. The first-order valence-corrected chi connectivity index (χ1v) is 9.35. The molecule has 0 spiro atoms. The maximum Gasteiger partial charge on any atom is 0.286 e. The molecule has 0 aliphatic rings. The second kappa shape index (κ2) is 9.87. The number of unbranched alkanes of at least 4 members (excludes halogenated alkanes) is 1. The van der Waals surface area contributed by atoms with Crippen LogP contribution in [0.3, 0.4) is 0 Å². The Morgan fingerprint density at radius 3 is 2.42 bits per heavy atom. The fourth-order valence-electron chi connectivity index (χ4n) is 2.08. The largest absolute Gasteiger partial charge is 0.494 e. The average Bonchev–Trinajstić information content (AvgIpc) is 2.64. The molecule has 6 heteroatoms. The summed E-state index contributed by atoms with van der Waals surface area (Å²) in [5, 5.41) is 2.77. The van der Waals surface area contributed by atoms with Crippen molar-refractivity contribution in [3.63, 3.8) is 0 Å².